The van der Waals surface area contributed by atoms with E-state index in [1.165, 1.54) is 25.5 Å². The predicted molar refractivity (Wildman–Crippen MR) is 84.2 cm³/mol. The van der Waals surface area contributed by atoms with Crippen molar-refractivity contribution in [2.75, 3.05) is 0 Å². The van der Waals surface area contributed by atoms with E-state index in [4.69, 9.17) is 5.11 Å². The Balaban J connectivity index is 1.73. The smallest absolute Gasteiger partial charge is 0.356 e. The van der Waals surface area contributed by atoms with Gasteiger partial charge in [-0.05, 0) is 44.4 Å². The summed E-state index contributed by atoms with van der Waals surface area (Å²) in [5.41, 5.74) is 0.113. The Labute approximate surface area is 135 Å². The maximum Gasteiger partial charge on any atom is 0.356 e. The van der Waals surface area contributed by atoms with Crippen LogP contribution in [0.2, 0.25) is 0 Å². The Morgan fingerprint density at radius 1 is 1.04 bits per heavy atom. The van der Waals surface area contributed by atoms with Gasteiger partial charge < -0.3 is 10.0 Å². The molecule has 3 rings (SSSR count). The van der Waals surface area contributed by atoms with E-state index in [2.05, 4.69) is 16.9 Å². The first-order chi connectivity index (χ1) is 11.1. The zero-order valence-electron chi connectivity index (χ0n) is 13.4. The lowest BCUT2D eigenvalue weighted by Crippen LogP contribution is -2.44. The zero-order valence-corrected chi connectivity index (χ0v) is 13.4. The minimum absolute atomic E-state index is 0.100. The molecule has 0 aromatic carbocycles. The van der Waals surface area contributed by atoms with Crippen LogP contribution in [0.1, 0.15) is 72.8 Å². The summed E-state index contributed by atoms with van der Waals surface area (Å²) in [6.07, 6.45) is 10.3. The van der Waals surface area contributed by atoms with Gasteiger partial charge in [-0.3, -0.25) is 4.79 Å². The van der Waals surface area contributed by atoms with E-state index in [1.807, 2.05) is 4.90 Å². The lowest BCUT2D eigenvalue weighted by Gasteiger charge is -2.37. The van der Waals surface area contributed by atoms with Crippen molar-refractivity contribution < 1.29 is 14.7 Å². The molecule has 1 N–H and O–H groups in total. The number of hydrogen-bond acceptors (Lipinski definition) is 4. The van der Waals surface area contributed by atoms with Crippen LogP contribution in [0.15, 0.2) is 12.4 Å². The van der Waals surface area contributed by atoms with Crippen molar-refractivity contribution in [1.29, 1.82) is 0 Å². The highest BCUT2D eigenvalue weighted by molar-refractivity contribution is 5.93. The fourth-order valence-electron chi connectivity index (χ4n) is 3.49. The van der Waals surface area contributed by atoms with Crippen LogP contribution in [0.25, 0.3) is 0 Å². The maximum atomic E-state index is 12.8. The number of nitrogens with zero attached hydrogens (tertiary/aromatic N) is 3. The summed E-state index contributed by atoms with van der Waals surface area (Å²) in [4.78, 5) is 33.5. The first-order valence-electron chi connectivity index (χ1n) is 8.48. The number of aromatic nitrogens is 2. The van der Waals surface area contributed by atoms with Crippen molar-refractivity contribution in [3.05, 3.63) is 23.8 Å². The second kappa shape index (κ2) is 6.64. The second-order valence-corrected chi connectivity index (χ2v) is 6.62. The molecular weight excluding hydrogens is 294 g/mol. The summed E-state index contributed by atoms with van der Waals surface area (Å²) in [6.45, 7) is 2.23. The van der Waals surface area contributed by atoms with Crippen LogP contribution in [-0.2, 0) is 0 Å². The molecule has 6 nitrogen and oxygen atoms in total. The third kappa shape index (κ3) is 3.51. The van der Waals surface area contributed by atoms with Gasteiger partial charge in [-0.15, -0.1) is 0 Å². The first kappa shape index (κ1) is 15.9. The summed E-state index contributed by atoms with van der Waals surface area (Å²) in [6, 6.07) is 0.616. The van der Waals surface area contributed by atoms with Gasteiger partial charge in [0.05, 0.1) is 12.4 Å². The molecule has 1 aromatic heterocycles. The molecule has 1 amide bonds. The van der Waals surface area contributed by atoms with Crippen molar-refractivity contribution in [2.24, 2.45) is 5.92 Å². The van der Waals surface area contributed by atoms with E-state index in [-0.39, 0.29) is 17.3 Å². The summed E-state index contributed by atoms with van der Waals surface area (Å²) in [5.74, 6) is -0.442. The van der Waals surface area contributed by atoms with Crippen LogP contribution >= 0.6 is 0 Å². The molecule has 2 aliphatic carbocycles. The van der Waals surface area contributed by atoms with Gasteiger partial charge in [0.15, 0.2) is 5.69 Å². The van der Waals surface area contributed by atoms with Crippen LogP contribution in [0.5, 0.6) is 0 Å². The zero-order chi connectivity index (χ0) is 16.4. The molecule has 2 saturated carbocycles. The lowest BCUT2D eigenvalue weighted by molar-refractivity contribution is 0.0578. The molecule has 124 valence electrons. The number of rotatable bonds is 5. The van der Waals surface area contributed by atoms with Crippen LogP contribution in [0.4, 0.5) is 0 Å². The largest absolute Gasteiger partial charge is 0.476 e. The first-order valence-corrected chi connectivity index (χ1v) is 8.48. The molecule has 6 heteroatoms. The Morgan fingerprint density at radius 2 is 1.57 bits per heavy atom. The van der Waals surface area contributed by atoms with Crippen molar-refractivity contribution in [2.45, 2.75) is 64.0 Å². The molecule has 0 unspecified atom stereocenters. The van der Waals surface area contributed by atoms with Crippen LogP contribution < -0.4 is 0 Å². The molecule has 0 saturated heterocycles. The second-order valence-electron chi connectivity index (χ2n) is 6.62. The van der Waals surface area contributed by atoms with Crippen molar-refractivity contribution in [3.8, 4) is 0 Å². The molecule has 23 heavy (non-hydrogen) atoms. The number of carbonyl (C=O) groups excluding carboxylic acids is 1. The van der Waals surface area contributed by atoms with Gasteiger partial charge in [0, 0.05) is 12.1 Å². The fourth-order valence-corrected chi connectivity index (χ4v) is 3.49. The minimum atomic E-state index is -1.13. The highest BCUT2D eigenvalue weighted by Crippen LogP contribution is 2.36. The van der Waals surface area contributed by atoms with Gasteiger partial charge in [-0.1, -0.05) is 13.3 Å². The van der Waals surface area contributed by atoms with Gasteiger partial charge in [0.1, 0.15) is 5.69 Å². The summed E-state index contributed by atoms with van der Waals surface area (Å²) in [5, 5.41) is 8.88. The van der Waals surface area contributed by atoms with Crippen molar-refractivity contribution >= 4 is 11.9 Å². The Kier molecular flexibility index (Phi) is 4.59. The van der Waals surface area contributed by atoms with E-state index in [0.717, 1.165) is 37.8 Å². The molecule has 2 fully saturated rings. The standard InChI is InChI=1S/C17H23N3O3/c1-2-11-3-5-12(6-4-11)20(13-7-8-13)16(21)14-9-19-15(10-18-14)17(22)23/h9-13H,2-8H2,1H3,(H,22,23). The molecule has 0 radical (unpaired) electrons. The van der Waals surface area contributed by atoms with Crippen LogP contribution in [0.3, 0.4) is 0 Å². The molecule has 2 aliphatic rings. The van der Waals surface area contributed by atoms with Gasteiger partial charge in [-0.2, -0.15) is 0 Å². The summed E-state index contributed by atoms with van der Waals surface area (Å²) >= 11 is 0. The topological polar surface area (TPSA) is 83.4 Å². The Bertz CT molecular complexity index is 575. The number of aromatic carboxylic acids is 1. The SMILES string of the molecule is CCC1CCC(N(C(=O)c2cnc(C(=O)O)cn2)C2CC2)CC1. The third-order valence-corrected chi connectivity index (χ3v) is 5.05. The summed E-state index contributed by atoms with van der Waals surface area (Å²) < 4.78 is 0. The monoisotopic (exact) mass is 317 g/mol. The molecule has 0 spiro atoms. The van der Waals surface area contributed by atoms with Crippen molar-refractivity contribution in [1.82, 2.24) is 14.9 Å². The van der Waals surface area contributed by atoms with E-state index >= 15 is 0 Å². The quantitative estimate of drug-likeness (QED) is 0.902. The fraction of sp³-hybridized carbons (Fsp3) is 0.647. The third-order valence-electron chi connectivity index (χ3n) is 5.05. The lowest BCUT2D eigenvalue weighted by atomic mass is 9.83. The van der Waals surface area contributed by atoms with E-state index < -0.39 is 5.97 Å². The number of carbonyl (C=O) groups is 2. The highest BCUT2D eigenvalue weighted by atomic mass is 16.4. The van der Waals surface area contributed by atoms with Crippen LogP contribution in [0, 0.1) is 5.92 Å². The summed E-state index contributed by atoms with van der Waals surface area (Å²) in [7, 11) is 0. The molecule has 0 bridgehead atoms. The van der Waals surface area contributed by atoms with E-state index in [0.29, 0.717) is 12.1 Å². The van der Waals surface area contributed by atoms with Gasteiger partial charge in [0.25, 0.3) is 5.91 Å². The van der Waals surface area contributed by atoms with Gasteiger partial charge in [0.2, 0.25) is 0 Å². The van der Waals surface area contributed by atoms with Gasteiger partial charge in [-0.25, -0.2) is 14.8 Å². The number of amides is 1. The number of hydrogen-bond donors (Lipinski definition) is 1. The Hall–Kier alpha value is -1.98. The average molecular weight is 317 g/mol. The molecular formula is C17H23N3O3. The molecule has 1 aromatic rings. The van der Waals surface area contributed by atoms with Crippen molar-refractivity contribution in [3.63, 3.8) is 0 Å². The van der Waals surface area contributed by atoms with Crippen LogP contribution in [-0.4, -0.2) is 43.9 Å². The van der Waals surface area contributed by atoms with E-state index in [1.54, 1.807) is 0 Å². The number of carboxylic acid groups (broad SMARTS) is 1. The molecule has 1 heterocycles. The normalized spacial score (nSPS) is 24.2. The van der Waals surface area contributed by atoms with E-state index in [9.17, 15) is 9.59 Å². The predicted octanol–water partition coefficient (Wildman–Crippen LogP) is 2.75. The molecule has 0 atom stereocenters. The van der Waals surface area contributed by atoms with Gasteiger partial charge >= 0.3 is 5.97 Å². The average Bonchev–Trinajstić information content (AvgIpc) is 3.40. The Morgan fingerprint density at radius 3 is 2.00 bits per heavy atom. The highest BCUT2D eigenvalue weighted by Gasteiger charge is 2.39. The molecule has 0 aliphatic heterocycles. The number of carboxylic acids is 1. The maximum absolute atomic E-state index is 12.8. The minimum Gasteiger partial charge on any atom is -0.476 e.